The lowest BCUT2D eigenvalue weighted by Crippen LogP contribution is -2.33. The van der Waals surface area contributed by atoms with Crippen molar-refractivity contribution >= 4 is 17.1 Å². The van der Waals surface area contributed by atoms with Crippen LogP contribution in [0.5, 0.6) is 0 Å². The van der Waals surface area contributed by atoms with Gasteiger partial charge >= 0.3 is 0 Å². The minimum absolute atomic E-state index is 0.378. The summed E-state index contributed by atoms with van der Waals surface area (Å²) in [5.41, 5.74) is 1.07. The Bertz CT molecular complexity index is 710. The number of aliphatic hydroxyl groups excluding tert-OH is 3. The van der Waals surface area contributed by atoms with Gasteiger partial charge in [-0.15, -0.1) is 0 Å². The summed E-state index contributed by atoms with van der Waals surface area (Å²) < 4.78 is 7.29. The molecule has 2 aromatic heterocycles. The van der Waals surface area contributed by atoms with E-state index in [1.807, 2.05) is 0 Å². The largest absolute Gasteiger partial charge is 0.394 e. The Hall–Kier alpha value is -1.81. The van der Waals surface area contributed by atoms with Crippen molar-refractivity contribution in [1.82, 2.24) is 19.5 Å². The Balaban J connectivity index is 1.79. The summed E-state index contributed by atoms with van der Waals surface area (Å²) in [5.74, 6) is 0.505. The topological polar surface area (TPSA) is 126 Å². The second-order valence-corrected chi connectivity index (χ2v) is 6.61. The number of fused-ring (bicyclic) bond motifs is 1. The van der Waals surface area contributed by atoms with E-state index in [0.717, 1.165) is 19.4 Å². The van der Waals surface area contributed by atoms with Gasteiger partial charge in [0.1, 0.15) is 30.2 Å². The summed E-state index contributed by atoms with van der Waals surface area (Å²) in [5, 5.41) is 33.0. The monoisotopic (exact) mass is 365 g/mol. The number of nitrogens with zero attached hydrogens (tertiary/aromatic N) is 4. The summed E-state index contributed by atoms with van der Waals surface area (Å²) in [6.07, 6.45) is 4.66. The van der Waals surface area contributed by atoms with Crippen LogP contribution >= 0.6 is 0 Å². The number of rotatable bonds is 9. The fraction of sp³-hybridized carbons (Fsp3) is 0.706. The molecule has 0 amide bonds. The van der Waals surface area contributed by atoms with Crippen LogP contribution in [0.2, 0.25) is 0 Å². The standard InChI is InChI=1S/C17H27N5O4/c1-2-3-4-5-6-7-19-17-21-11-8-18-10-20-15(11)22(17)16-14(25)13(24)12(9-23)26-16/h8,10,12-14,16,23-25H,2-7,9H2,1H3,(H,19,21)/t12-,13-,14-,16-/m1/s1. The molecule has 0 spiro atoms. The van der Waals surface area contributed by atoms with Crippen molar-refractivity contribution in [3.63, 3.8) is 0 Å². The van der Waals surface area contributed by atoms with Gasteiger partial charge in [0.15, 0.2) is 11.9 Å². The number of imidazole rings is 1. The van der Waals surface area contributed by atoms with Crippen LogP contribution in [0.25, 0.3) is 11.2 Å². The Morgan fingerprint density at radius 1 is 1.19 bits per heavy atom. The first-order valence-corrected chi connectivity index (χ1v) is 9.21. The van der Waals surface area contributed by atoms with Gasteiger partial charge in [0.2, 0.25) is 5.95 Å². The van der Waals surface area contributed by atoms with Crippen molar-refractivity contribution in [2.45, 2.75) is 63.6 Å². The molecular formula is C17H27N5O4. The number of anilines is 1. The smallest absolute Gasteiger partial charge is 0.207 e. The maximum Gasteiger partial charge on any atom is 0.207 e. The number of hydrogen-bond acceptors (Lipinski definition) is 8. The van der Waals surface area contributed by atoms with E-state index in [-0.39, 0.29) is 6.61 Å². The summed E-state index contributed by atoms with van der Waals surface area (Å²) in [6.45, 7) is 2.54. The molecule has 1 saturated heterocycles. The quantitative estimate of drug-likeness (QED) is 0.481. The van der Waals surface area contributed by atoms with E-state index in [1.54, 1.807) is 10.8 Å². The van der Waals surface area contributed by atoms with E-state index in [4.69, 9.17) is 4.74 Å². The molecule has 1 aliphatic heterocycles. The second kappa shape index (κ2) is 8.72. The molecular weight excluding hydrogens is 338 g/mol. The average molecular weight is 365 g/mol. The molecule has 2 aromatic rings. The highest BCUT2D eigenvalue weighted by atomic mass is 16.6. The van der Waals surface area contributed by atoms with Crippen molar-refractivity contribution in [2.75, 3.05) is 18.5 Å². The first-order chi connectivity index (χ1) is 12.7. The van der Waals surface area contributed by atoms with Crippen molar-refractivity contribution in [3.8, 4) is 0 Å². The molecule has 9 nitrogen and oxygen atoms in total. The van der Waals surface area contributed by atoms with Gasteiger partial charge in [0.25, 0.3) is 0 Å². The Kier molecular flexibility index (Phi) is 6.36. The van der Waals surface area contributed by atoms with Crippen LogP contribution in [0, 0.1) is 0 Å². The maximum atomic E-state index is 10.4. The summed E-state index contributed by atoms with van der Waals surface area (Å²) in [4.78, 5) is 12.7. The van der Waals surface area contributed by atoms with E-state index in [2.05, 4.69) is 27.2 Å². The van der Waals surface area contributed by atoms with Gasteiger partial charge < -0.3 is 25.4 Å². The predicted molar refractivity (Wildman–Crippen MR) is 95.6 cm³/mol. The van der Waals surface area contributed by atoms with Crippen molar-refractivity contribution in [3.05, 3.63) is 12.5 Å². The molecule has 0 bridgehead atoms. The van der Waals surface area contributed by atoms with Gasteiger partial charge in [-0.05, 0) is 6.42 Å². The molecule has 3 heterocycles. The van der Waals surface area contributed by atoms with Crippen LogP contribution < -0.4 is 5.32 Å². The van der Waals surface area contributed by atoms with Gasteiger partial charge in [0.05, 0.1) is 12.8 Å². The zero-order valence-corrected chi connectivity index (χ0v) is 15.0. The zero-order chi connectivity index (χ0) is 18.5. The van der Waals surface area contributed by atoms with Crippen LogP contribution in [0.4, 0.5) is 5.95 Å². The van der Waals surface area contributed by atoms with Crippen LogP contribution in [0.15, 0.2) is 12.5 Å². The zero-order valence-electron chi connectivity index (χ0n) is 15.0. The predicted octanol–water partition coefficient (Wildman–Crippen LogP) is 0.820. The Morgan fingerprint density at radius 2 is 2.00 bits per heavy atom. The fourth-order valence-electron chi connectivity index (χ4n) is 3.24. The van der Waals surface area contributed by atoms with Gasteiger partial charge in [-0.3, -0.25) is 4.57 Å². The Morgan fingerprint density at radius 3 is 2.73 bits per heavy atom. The number of hydrogen-bond donors (Lipinski definition) is 4. The number of nitrogens with one attached hydrogen (secondary N) is 1. The molecule has 1 aliphatic rings. The molecule has 26 heavy (non-hydrogen) atoms. The number of ether oxygens (including phenoxy) is 1. The molecule has 0 aliphatic carbocycles. The van der Waals surface area contributed by atoms with Crippen LogP contribution in [-0.4, -0.2) is 66.3 Å². The molecule has 144 valence electrons. The molecule has 3 rings (SSSR count). The first-order valence-electron chi connectivity index (χ1n) is 9.21. The van der Waals surface area contributed by atoms with Crippen molar-refractivity contribution in [2.24, 2.45) is 0 Å². The van der Waals surface area contributed by atoms with E-state index >= 15 is 0 Å². The summed E-state index contributed by atoms with van der Waals surface area (Å²) >= 11 is 0. The van der Waals surface area contributed by atoms with Gasteiger partial charge in [-0.25, -0.2) is 15.0 Å². The third-order valence-corrected chi connectivity index (χ3v) is 4.69. The van der Waals surface area contributed by atoms with Crippen LogP contribution in [0.3, 0.4) is 0 Å². The van der Waals surface area contributed by atoms with Crippen molar-refractivity contribution in [1.29, 1.82) is 0 Å². The number of unbranched alkanes of at least 4 members (excludes halogenated alkanes) is 4. The normalized spacial score (nSPS) is 25.8. The molecule has 4 N–H and O–H groups in total. The minimum Gasteiger partial charge on any atom is -0.394 e. The highest BCUT2D eigenvalue weighted by molar-refractivity contribution is 5.73. The van der Waals surface area contributed by atoms with Crippen LogP contribution in [0.1, 0.15) is 45.3 Å². The highest BCUT2D eigenvalue weighted by Gasteiger charge is 2.44. The number of aromatic nitrogens is 4. The van der Waals surface area contributed by atoms with Gasteiger partial charge in [-0.1, -0.05) is 32.6 Å². The molecule has 9 heteroatoms. The lowest BCUT2D eigenvalue weighted by atomic mass is 10.1. The van der Waals surface area contributed by atoms with E-state index in [9.17, 15) is 15.3 Å². The lowest BCUT2D eigenvalue weighted by molar-refractivity contribution is -0.0501. The Labute approximate surface area is 152 Å². The minimum atomic E-state index is -1.19. The van der Waals surface area contributed by atoms with Crippen molar-refractivity contribution < 1.29 is 20.1 Å². The highest BCUT2D eigenvalue weighted by Crippen LogP contribution is 2.34. The van der Waals surface area contributed by atoms with Gasteiger partial charge in [0, 0.05) is 6.54 Å². The summed E-state index contributed by atoms with van der Waals surface area (Å²) in [7, 11) is 0. The average Bonchev–Trinajstić information content (AvgIpc) is 3.15. The third kappa shape index (κ3) is 3.80. The molecule has 0 radical (unpaired) electrons. The third-order valence-electron chi connectivity index (χ3n) is 4.69. The molecule has 0 saturated carbocycles. The molecule has 0 aromatic carbocycles. The molecule has 0 unspecified atom stereocenters. The van der Waals surface area contributed by atoms with E-state index in [1.165, 1.54) is 25.6 Å². The van der Waals surface area contributed by atoms with Crippen LogP contribution in [-0.2, 0) is 4.74 Å². The van der Waals surface area contributed by atoms with Gasteiger partial charge in [-0.2, -0.15) is 0 Å². The lowest BCUT2D eigenvalue weighted by Gasteiger charge is -2.19. The second-order valence-electron chi connectivity index (χ2n) is 6.61. The fourth-order valence-corrected chi connectivity index (χ4v) is 3.24. The molecule has 1 fully saturated rings. The first kappa shape index (κ1) is 19.0. The summed E-state index contributed by atoms with van der Waals surface area (Å²) in [6, 6.07) is 0. The van der Waals surface area contributed by atoms with E-state index in [0.29, 0.717) is 17.1 Å². The SMILES string of the molecule is CCCCCCCNc1nc2cncnc2n1[C@@H]1O[C@H](CO)[C@@H](O)[C@H]1O. The maximum absolute atomic E-state index is 10.4. The number of aliphatic hydroxyl groups is 3. The molecule has 4 atom stereocenters. The van der Waals surface area contributed by atoms with E-state index < -0.39 is 24.5 Å².